The Kier molecular flexibility index (Phi) is 3.21. The fraction of sp³-hybridized carbons (Fsp3) is 0.600. The lowest BCUT2D eigenvalue weighted by atomic mass is 9.93. The van der Waals surface area contributed by atoms with Crippen molar-refractivity contribution in [3.63, 3.8) is 0 Å². The molecule has 0 saturated heterocycles. The summed E-state index contributed by atoms with van der Waals surface area (Å²) in [7, 11) is 0. The Labute approximate surface area is 68.8 Å². The molecule has 0 amide bonds. The van der Waals surface area contributed by atoms with Gasteiger partial charge >= 0.3 is 0 Å². The summed E-state index contributed by atoms with van der Waals surface area (Å²) in [6.45, 7) is 5.22. The molecular formula is C10H16O. The maximum Gasteiger partial charge on any atom is 0.106 e. The minimum absolute atomic E-state index is 0.732. The van der Waals surface area contributed by atoms with Crippen molar-refractivity contribution in [2.24, 2.45) is 5.92 Å². The summed E-state index contributed by atoms with van der Waals surface area (Å²) < 4.78 is 5.08. The van der Waals surface area contributed by atoms with Crippen LogP contribution >= 0.6 is 0 Å². The van der Waals surface area contributed by atoms with Crippen molar-refractivity contribution in [2.45, 2.75) is 26.7 Å². The molecule has 62 valence electrons. The highest BCUT2D eigenvalue weighted by atomic mass is 16.5. The van der Waals surface area contributed by atoms with Crippen LogP contribution in [-0.2, 0) is 4.74 Å². The summed E-state index contributed by atoms with van der Waals surface area (Å²) in [6.07, 6.45) is 8.52. The van der Waals surface area contributed by atoms with Crippen LogP contribution in [0, 0.1) is 5.92 Å². The van der Waals surface area contributed by atoms with E-state index in [1.165, 1.54) is 18.4 Å². The van der Waals surface area contributed by atoms with Crippen LogP contribution in [0.4, 0.5) is 0 Å². The van der Waals surface area contributed by atoms with Gasteiger partial charge in [0.25, 0.3) is 0 Å². The quantitative estimate of drug-likeness (QED) is 0.604. The van der Waals surface area contributed by atoms with Crippen LogP contribution in [0.3, 0.4) is 0 Å². The molecular weight excluding hydrogens is 136 g/mol. The smallest absolute Gasteiger partial charge is 0.106 e. The van der Waals surface area contributed by atoms with Crippen LogP contribution < -0.4 is 0 Å². The second-order valence-corrected chi connectivity index (χ2v) is 2.85. The van der Waals surface area contributed by atoms with Gasteiger partial charge in [-0.15, -0.1) is 0 Å². The average Bonchev–Trinajstić information content (AvgIpc) is 2.09. The molecule has 0 aromatic carbocycles. The van der Waals surface area contributed by atoms with Gasteiger partial charge in [-0.1, -0.05) is 13.8 Å². The largest absolute Gasteiger partial charge is 0.497 e. The molecule has 1 heterocycles. The summed E-state index contributed by atoms with van der Waals surface area (Å²) in [5.74, 6) is 0.732. The van der Waals surface area contributed by atoms with Gasteiger partial charge in [0.2, 0.25) is 0 Å². The number of rotatable bonds is 3. The lowest BCUT2D eigenvalue weighted by Gasteiger charge is -2.16. The zero-order valence-electron chi connectivity index (χ0n) is 7.34. The molecule has 0 N–H and O–H groups in total. The highest BCUT2D eigenvalue weighted by Gasteiger charge is 2.08. The molecule has 1 aliphatic rings. The average molecular weight is 152 g/mol. The Morgan fingerprint density at radius 3 is 2.64 bits per heavy atom. The zero-order valence-corrected chi connectivity index (χ0v) is 7.34. The van der Waals surface area contributed by atoms with Crippen molar-refractivity contribution in [1.29, 1.82) is 0 Å². The molecule has 1 heteroatoms. The van der Waals surface area contributed by atoms with Crippen molar-refractivity contribution >= 4 is 0 Å². The van der Waals surface area contributed by atoms with E-state index < -0.39 is 0 Å². The van der Waals surface area contributed by atoms with Gasteiger partial charge < -0.3 is 4.74 Å². The van der Waals surface area contributed by atoms with Crippen molar-refractivity contribution in [2.75, 3.05) is 6.61 Å². The first-order chi connectivity index (χ1) is 5.38. The Hall–Kier alpha value is -0.720. The van der Waals surface area contributed by atoms with Gasteiger partial charge in [0.1, 0.15) is 6.61 Å². The van der Waals surface area contributed by atoms with E-state index in [2.05, 4.69) is 26.0 Å². The molecule has 1 aliphatic heterocycles. The van der Waals surface area contributed by atoms with E-state index in [0.717, 1.165) is 12.5 Å². The lowest BCUT2D eigenvalue weighted by molar-refractivity contribution is 0.281. The van der Waals surface area contributed by atoms with Crippen molar-refractivity contribution in [3.8, 4) is 0 Å². The summed E-state index contributed by atoms with van der Waals surface area (Å²) in [4.78, 5) is 0. The molecule has 0 fully saturated rings. The molecule has 11 heavy (non-hydrogen) atoms. The molecule has 0 aromatic heterocycles. The van der Waals surface area contributed by atoms with Gasteiger partial charge in [-0.3, -0.25) is 0 Å². The standard InChI is InChI=1S/C10H16O/c1-3-9(4-2)10-5-7-11-8-6-10/h5-7,9H,3-4,8H2,1-2H3. The fourth-order valence-electron chi connectivity index (χ4n) is 1.46. The van der Waals surface area contributed by atoms with Crippen LogP contribution in [0.15, 0.2) is 24.0 Å². The normalized spacial score (nSPS) is 16.5. The molecule has 0 saturated carbocycles. The minimum atomic E-state index is 0.732. The number of allylic oxidation sites excluding steroid dienone is 2. The maximum atomic E-state index is 5.08. The van der Waals surface area contributed by atoms with E-state index in [0.29, 0.717) is 0 Å². The van der Waals surface area contributed by atoms with Crippen LogP contribution in [0.1, 0.15) is 26.7 Å². The number of ether oxygens (including phenoxy) is 1. The molecule has 0 aliphatic carbocycles. The summed E-state index contributed by atoms with van der Waals surface area (Å²) in [5, 5.41) is 0. The van der Waals surface area contributed by atoms with Crippen molar-refractivity contribution in [3.05, 3.63) is 24.0 Å². The lowest BCUT2D eigenvalue weighted by Crippen LogP contribution is -2.03. The molecule has 0 spiro atoms. The molecule has 0 aromatic rings. The zero-order chi connectivity index (χ0) is 8.10. The number of hydrogen-bond donors (Lipinski definition) is 0. The first-order valence-corrected chi connectivity index (χ1v) is 4.36. The van der Waals surface area contributed by atoms with E-state index in [1.54, 1.807) is 6.26 Å². The van der Waals surface area contributed by atoms with E-state index in [-0.39, 0.29) is 0 Å². The van der Waals surface area contributed by atoms with E-state index >= 15 is 0 Å². The Morgan fingerprint density at radius 2 is 2.18 bits per heavy atom. The monoisotopic (exact) mass is 152 g/mol. The van der Waals surface area contributed by atoms with Crippen molar-refractivity contribution in [1.82, 2.24) is 0 Å². The second-order valence-electron chi connectivity index (χ2n) is 2.85. The van der Waals surface area contributed by atoms with Crippen LogP contribution in [0.5, 0.6) is 0 Å². The predicted octanol–water partition coefficient (Wildman–Crippen LogP) is 2.89. The van der Waals surface area contributed by atoms with Gasteiger partial charge in [0.05, 0.1) is 6.26 Å². The van der Waals surface area contributed by atoms with E-state index in [9.17, 15) is 0 Å². The van der Waals surface area contributed by atoms with Gasteiger partial charge in [-0.25, -0.2) is 0 Å². The van der Waals surface area contributed by atoms with Gasteiger partial charge in [-0.05, 0) is 36.5 Å². The third-order valence-electron chi connectivity index (χ3n) is 2.23. The Morgan fingerprint density at radius 1 is 1.45 bits per heavy atom. The molecule has 0 bridgehead atoms. The molecule has 0 atom stereocenters. The highest BCUT2D eigenvalue weighted by molar-refractivity contribution is 5.22. The van der Waals surface area contributed by atoms with Crippen LogP contribution in [-0.4, -0.2) is 6.61 Å². The topological polar surface area (TPSA) is 9.23 Å². The van der Waals surface area contributed by atoms with Gasteiger partial charge in [-0.2, -0.15) is 0 Å². The highest BCUT2D eigenvalue weighted by Crippen LogP contribution is 2.21. The van der Waals surface area contributed by atoms with E-state index in [1.807, 2.05) is 0 Å². The van der Waals surface area contributed by atoms with Crippen molar-refractivity contribution < 1.29 is 4.74 Å². The third kappa shape index (κ3) is 2.11. The van der Waals surface area contributed by atoms with Crippen LogP contribution in [0.2, 0.25) is 0 Å². The predicted molar refractivity (Wildman–Crippen MR) is 47.2 cm³/mol. The molecule has 1 nitrogen and oxygen atoms in total. The van der Waals surface area contributed by atoms with Gasteiger partial charge in [0, 0.05) is 0 Å². The summed E-state index contributed by atoms with van der Waals surface area (Å²) in [6, 6.07) is 0. The minimum Gasteiger partial charge on any atom is -0.497 e. The molecule has 1 rings (SSSR count). The Bertz CT molecular complexity index is 164. The second kappa shape index (κ2) is 4.22. The molecule has 0 radical (unpaired) electrons. The van der Waals surface area contributed by atoms with Gasteiger partial charge in [0.15, 0.2) is 0 Å². The first-order valence-electron chi connectivity index (χ1n) is 4.36. The molecule has 0 unspecified atom stereocenters. The summed E-state index contributed by atoms with van der Waals surface area (Å²) >= 11 is 0. The third-order valence-corrected chi connectivity index (χ3v) is 2.23. The number of hydrogen-bond acceptors (Lipinski definition) is 1. The van der Waals surface area contributed by atoms with Crippen LogP contribution in [0.25, 0.3) is 0 Å². The summed E-state index contributed by atoms with van der Waals surface area (Å²) in [5.41, 5.74) is 1.45. The Balaban J connectivity index is 2.56. The SMILES string of the molecule is CCC(CC)C1=CCOC=C1. The van der Waals surface area contributed by atoms with E-state index in [4.69, 9.17) is 4.74 Å². The first kappa shape index (κ1) is 8.38. The fourth-order valence-corrected chi connectivity index (χ4v) is 1.46. The maximum absolute atomic E-state index is 5.08.